The number of aromatic nitrogens is 1. The second-order valence-electron chi connectivity index (χ2n) is 7.84. The van der Waals surface area contributed by atoms with Crippen molar-refractivity contribution in [1.82, 2.24) is 4.57 Å². The van der Waals surface area contributed by atoms with E-state index in [1.807, 2.05) is 30.3 Å². The van der Waals surface area contributed by atoms with E-state index < -0.39 is 0 Å². The molecule has 2 aromatic heterocycles. The van der Waals surface area contributed by atoms with Crippen molar-refractivity contribution in [3.8, 4) is 0 Å². The zero-order chi connectivity index (χ0) is 22.9. The molecular weight excluding hydrogens is 448 g/mol. The van der Waals surface area contributed by atoms with Gasteiger partial charge < -0.3 is 9.40 Å². The van der Waals surface area contributed by atoms with Gasteiger partial charge >= 0.3 is 0 Å². The van der Waals surface area contributed by atoms with E-state index in [1.54, 1.807) is 30.2 Å². The molecule has 6 heteroatoms. The van der Waals surface area contributed by atoms with Gasteiger partial charge in [0, 0.05) is 49.9 Å². The molecular formula is C27H24N2O2S2. The first kappa shape index (κ1) is 21.7. The zero-order valence-electron chi connectivity index (χ0n) is 18.8. The molecule has 5 aromatic rings. The lowest BCUT2D eigenvalue weighted by Gasteiger charge is -2.06. The van der Waals surface area contributed by atoms with Crippen molar-refractivity contribution in [2.75, 3.05) is 19.1 Å². The largest absolute Gasteiger partial charge is 0.399 e. The zero-order valence-corrected chi connectivity index (χ0v) is 20.4. The molecule has 0 saturated heterocycles. The van der Waals surface area contributed by atoms with Gasteiger partial charge in [-0.15, -0.1) is 11.3 Å². The van der Waals surface area contributed by atoms with Crippen LogP contribution in [-0.2, 0) is 11.4 Å². The van der Waals surface area contributed by atoms with E-state index in [2.05, 4.69) is 59.3 Å². The average molecular weight is 473 g/mol. The Morgan fingerprint density at radius 2 is 1.70 bits per heavy atom. The molecule has 0 spiro atoms. The molecule has 0 saturated carbocycles. The normalized spacial score (nSPS) is 12.2. The molecule has 5 rings (SSSR count). The second kappa shape index (κ2) is 9.04. The summed E-state index contributed by atoms with van der Waals surface area (Å²) in [6, 6.07) is 22.6. The van der Waals surface area contributed by atoms with Crippen LogP contribution in [0.5, 0.6) is 0 Å². The fraction of sp³-hybridized carbons (Fsp3) is 0.185. The summed E-state index contributed by atoms with van der Waals surface area (Å²) in [5.74, 6) is 0.831. The van der Waals surface area contributed by atoms with Crippen LogP contribution in [-0.4, -0.2) is 35.2 Å². The van der Waals surface area contributed by atoms with Gasteiger partial charge in [0.15, 0.2) is 0 Å². The first-order chi connectivity index (χ1) is 16.1. The predicted octanol–water partition coefficient (Wildman–Crippen LogP) is 6.97. The molecule has 0 atom stereocenters. The Hall–Kier alpha value is -3.09. The van der Waals surface area contributed by atoms with Gasteiger partial charge in [-0.3, -0.25) is 4.79 Å². The van der Waals surface area contributed by atoms with E-state index in [1.165, 1.54) is 0 Å². The molecule has 0 radical (unpaired) electrons. The number of aryl methyl sites for hydroxylation is 1. The van der Waals surface area contributed by atoms with Crippen LogP contribution in [0.2, 0.25) is 0 Å². The molecule has 0 fully saturated rings. The van der Waals surface area contributed by atoms with Gasteiger partial charge in [0.25, 0.3) is 0 Å². The Morgan fingerprint density at radius 1 is 1.00 bits per heavy atom. The summed E-state index contributed by atoms with van der Waals surface area (Å²) in [6.45, 7) is 3.00. The summed E-state index contributed by atoms with van der Waals surface area (Å²) in [7, 11) is 1.58. The number of carbonyl (C=O) groups excluding carboxylic acids is 1. The van der Waals surface area contributed by atoms with Crippen molar-refractivity contribution in [2.24, 2.45) is 5.16 Å². The molecule has 0 aliphatic rings. The minimum atomic E-state index is 0.0654. The first-order valence-electron chi connectivity index (χ1n) is 10.8. The molecule has 166 valence electrons. The molecule has 0 amide bonds. The van der Waals surface area contributed by atoms with Crippen molar-refractivity contribution in [1.29, 1.82) is 0 Å². The average Bonchev–Trinajstić information content (AvgIpc) is 3.41. The van der Waals surface area contributed by atoms with Crippen molar-refractivity contribution >= 4 is 66.5 Å². The fourth-order valence-corrected chi connectivity index (χ4v) is 5.93. The summed E-state index contributed by atoms with van der Waals surface area (Å²) in [5.41, 5.74) is 4.94. The Kier molecular flexibility index (Phi) is 5.96. The highest BCUT2D eigenvalue weighted by Gasteiger charge is 2.17. The van der Waals surface area contributed by atoms with Gasteiger partial charge in [-0.1, -0.05) is 29.4 Å². The minimum absolute atomic E-state index is 0.0654. The highest BCUT2D eigenvalue weighted by atomic mass is 32.2. The minimum Gasteiger partial charge on any atom is -0.399 e. The number of hydrogen-bond acceptors (Lipinski definition) is 5. The summed E-state index contributed by atoms with van der Waals surface area (Å²) < 4.78 is 3.43. The highest BCUT2D eigenvalue weighted by molar-refractivity contribution is 7.99. The van der Waals surface area contributed by atoms with Crippen molar-refractivity contribution in [3.05, 3.63) is 82.7 Å². The number of hydrogen-bond donors (Lipinski definition) is 0. The van der Waals surface area contributed by atoms with Crippen LogP contribution in [0, 0.1) is 0 Å². The maximum Gasteiger partial charge on any atom is 0.203 e. The first-order valence-corrected chi connectivity index (χ1v) is 13.0. The maximum atomic E-state index is 13.4. The summed E-state index contributed by atoms with van der Waals surface area (Å²) in [4.78, 5) is 19.2. The van der Waals surface area contributed by atoms with E-state index in [-0.39, 0.29) is 5.78 Å². The molecule has 0 unspecified atom stereocenters. The number of rotatable bonds is 7. The molecule has 4 nitrogen and oxygen atoms in total. The third-order valence-corrected chi connectivity index (χ3v) is 7.59. The number of nitrogens with zero attached hydrogens (tertiary/aromatic N) is 2. The van der Waals surface area contributed by atoms with Crippen LogP contribution in [0.3, 0.4) is 0 Å². The standard InChI is InChI=1S/C27H24N2O2S2/c1-4-29-23-11-9-17(22(16-32-3)28-31-2)13-20(23)21-14-19(10-12-24(21)29)27(30)26-15-18-7-5-6-8-25(18)33-26/h5-15H,4,16H2,1-3H3/b28-22+. The number of ketones is 1. The Labute approximate surface area is 200 Å². The number of carbonyl (C=O) groups is 1. The summed E-state index contributed by atoms with van der Waals surface area (Å²) in [6.07, 6.45) is 2.05. The SMILES string of the molecule is CCn1c2ccc(C(=O)c3cc4ccccc4s3)cc2c2cc(/C(CSC)=N/OC)ccc21. The van der Waals surface area contributed by atoms with Crippen LogP contribution in [0.25, 0.3) is 31.9 Å². The van der Waals surface area contributed by atoms with Crippen molar-refractivity contribution in [3.63, 3.8) is 0 Å². The van der Waals surface area contributed by atoms with Crippen molar-refractivity contribution in [2.45, 2.75) is 13.5 Å². The van der Waals surface area contributed by atoms with E-state index in [4.69, 9.17) is 4.84 Å². The van der Waals surface area contributed by atoms with Gasteiger partial charge in [-0.25, -0.2) is 0 Å². The molecule has 33 heavy (non-hydrogen) atoms. The lowest BCUT2D eigenvalue weighted by atomic mass is 10.0. The van der Waals surface area contributed by atoms with Gasteiger partial charge in [-0.2, -0.15) is 11.8 Å². The highest BCUT2D eigenvalue weighted by Crippen LogP contribution is 2.33. The quantitative estimate of drug-likeness (QED) is 0.146. The Bertz CT molecular complexity index is 1490. The predicted molar refractivity (Wildman–Crippen MR) is 142 cm³/mol. The molecule has 0 N–H and O–H groups in total. The topological polar surface area (TPSA) is 43.6 Å². The fourth-order valence-electron chi connectivity index (χ4n) is 4.41. The Balaban J connectivity index is 1.66. The number of fused-ring (bicyclic) bond motifs is 4. The molecule has 3 aromatic carbocycles. The summed E-state index contributed by atoms with van der Waals surface area (Å²) in [5, 5.41) is 7.56. The number of oxime groups is 1. The summed E-state index contributed by atoms with van der Waals surface area (Å²) >= 11 is 3.26. The van der Waals surface area contributed by atoms with Crippen molar-refractivity contribution < 1.29 is 9.63 Å². The second-order valence-corrected chi connectivity index (χ2v) is 9.79. The van der Waals surface area contributed by atoms with Gasteiger partial charge in [0.2, 0.25) is 5.78 Å². The monoisotopic (exact) mass is 472 g/mol. The molecule has 2 heterocycles. The van der Waals surface area contributed by atoms with Gasteiger partial charge in [0.1, 0.15) is 7.11 Å². The number of benzene rings is 3. The Morgan fingerprint density at radius 3 is 2.36 bits per heavy atom. The van der Waals surface area contributed by atoms with E-state index in [9.17, 15) is 4.79 Å². The lowest BCUT2D eigenvalue weighted by Crippen LogP contribution is -2.05. The van der Waals surface area contributed by atoms with Crippen LogP contribution in [0.4, 0.5) is 0 Å². The molecule has 0 aliphatic heterocycles. The maximum absolute atomic E-state index is 13.4. The third-order valence-electron chi connectivity index (χ3n) is 5.91. The lowest BCUT2D eigenvalue weighted by molar-refractivity contribution is 0.104. The number of thiophene rings is 1. The molecule has 0 aliphatic carbocycles. The van der Waals surface area contributed by atoms with Crippen LogP contribution in [0.1, 0.15) is 27.7 Å². The smallest absolute Gasteiger partial charge is 0.203 e. The van der Waals surface area contributed by atoms with Crippen LogP contribution >= 0.6 is 23.1 Å². The number of thioether (sulfide) groups is 1. The van der Waals surface area contributed by atoms with Gasteiger partial charge in [-0.05, 0) is 61.0 Å². The van der Waals surface area contributed by atoms with E-state index in [0.717, 1.165) is 60.3 Å². The van der Waals surface area contributed by atoms with E-state index >= 15 is 0 Å². The van der Waals surface area contributed by atoms with E-state index in [0.29, 0.717) is 5.56 Å². The van der Waals surface area contributed by atoms with Crippen LogP contribution in [0.15, 0.2) is 71.9 Å². The molecule has 0 bridgehead atoms. The third kappa shape index (κ3) is 3.83. The van der Waals surface area contributed by atoms with Crippen LogP contribution < -0.4 is 0 Å². The van der Waals surface area contributed by atoms with Gasteiger partial charge in [0.05, 0.1) is 10.6 Å².